The Labute approximate surface area is 200 Å². The van der Waals surface area contributed by atoms with Crippen molar-refractivity contribution < 1.29 is 63.4 Å². The first kappa shape index (κ1) is 24.1. The largest absolute Gasteiger partial charge is 1.00 e. The van der Waals surface area contributed by atoms with Crippen LogP contribution in [-0.4, -0.2) is 63.6 Å². The van der Waals surface area contributed by atoms with Crippen LogP contribution in [0.5, 0.6) is 0 Å². The third-order valence-electron chi connectivity index (χ3n) is 3.84. The van der Waals surface area contributed by atoms with E-state index in [0.29, 0.717) is 0 Å². The summed E-state index contributed by atoms with van der Waals surface area (Å²) in [6.45, 7) is 1.11. The number of carbonyl (C=O) groups is 4. The Balaban J connectivity index is 0.00000320. The van der Waals surface area contributed by atoms with Crippen molar-refractivity contribution in [3.63, 3.8) is 0 Å². The average Bonchev–Trinajstić information content (AvgIpc) is 3.08. The molecule has 12 nitrogen and oxygen atoms in total. The van der Waals surface area contributed by atoms with Gasteiger partial charge in [0.15, 0.2) is 10.8 Å². The fraction of sp³-hybridized carbons (Fsp3) is 0.333. The fourth-order valence-corrected chi connectivity index (χ4v) is 4.54. The van der Waals surface area contributed by atoms with Crippen LogP contribution in [0.4, 0.5) is 5.13 Å². The smallest absolute Gasteiger partial charge is 0.543 e. The number of aromatic nitrogens is 1. The predicted octanol–water partition coefficient (Wildman–Crippen LogP) is -5.00. The molecular weight excluding hydrogens is 449 g/mol. The molecular formula is C15H14N5NaO7S2. The van der Waals surface area contributed by atoms with E-state index in [4.69, 9.17) is 10.5 Å². The standard InChI is InChI=1S/C15H15N5O7S2.Na/c1-5(21)27-7-4-28-13-9(12(23)20(13)10(7)14(24)25)18-11(22)8(19-26-2)6-3-29-15(16)17-6;/h3,9,13H,4H2,1-2H3,(H2,16,17)(H,18,22)(H,24,25);/q;+1/p-1/b19-8-;/t9-,13+;/m1./s1. The normalized spacial score (nSPS) is 20.5. The Morgan fingerprint density at radius 2 is 2.13 bits per heavy atom. The number of thioether (sulfide) groups is 1. The number of fused-ring (bicyclic) bond motifs is 1. The predicted molar refractivity (Wildman–Crippen MR) is 98.9 cm³/mol. The van der Waals surface area contributed by atoms with Gasteiger partial charge < -0.3 is 30.5 Å². The monoisotopic (exact) mass is 463 g/mol. The topological polar surface area (TPSA) is 176 Å². The summed E-state index contributed by atoms with van der Waals surface area (Å²) in [6, 6.07) is -1.03. The number of oxime groups is 1. The third-order valence-corrected chi connectivity index (χ3v) is 5.77. The summed E-state index contributed by atoms with van der Waals surface area (Å²) < 4.78 is 4.88. The minimum atomic E-state index is -1.66. The maximum atomic E-state index is 12.6. The van der Waals surface area contributed by atoms with E-state index in [1.54, 1.807) is 0 Å². The summed E-state index contributed by atoms with van der Waals surface area (Å²) in [5, 5.41) is 18.6. The van der Waals surface area contributed by atoms with Crippen molar-refractivity contribution in [1.82, 2.24) is 15.2 Å². The fourth-order valence-electron chi connectivity index (χ4n) is 2.73. The molecule has 0 aliphatic carbocycles. The molecule has 1 aromatic heterocycles. The summed E-state index contributed by atoms with van der Waals surface area (Å²) in [6.07, 6.45) is 0. The molecule has 1 saturated heterocycles. The van der Waals surface area contributed by atoms with Crippen molar-refractivity contribution >= 4 is 57.7 Å². The Morgan fingerprint density at radius 3 is 2.67 bits per heavy atom. The van der Waals surface area contributed by atoms with Crippen molar-refractivity contribution in [1.29, 1.82) is 0 Å². The van der Waals surface area contributed by atoms with Crippen LogP contribution in [-0.2, 0) is 28.8 Å². The number of thiazole rings is 1. The number of carbonyl (C=O) groups excluding carboxylic acids is 4. The summed E-state index contributed by atoms with van der Waals surface area (Å²) in [4.78, 5) is 57.3. The molecule has 30 heavy (non-hydrogen) atoms. The number of ether oxygens (including phenoxy) is 1. The van der Waals surface area contributed by atoms with Gasteiger partial charge in [-0.3, -0.25) is 19.3 Å². The number of hydrogen-bond donors (Lipinski definition) is 2. The van der Waals surface area contributed by atoms with Crippen LogP contribution in [0.25, 0.3) is 0 Å². The van der Waals surface area contributed by atoms with Crippen LogP contribution in [0.2, 0.25) is 0 Å². The van der Waals surface area contributed by atoms with Gasteiger partial charge >= 0.3 is 35.5 Å². The zero-order chi connectivity index (χ0) is 21.3. The molecule has 1 aromatic rings. The van der Waals surface area contributed by atoms with Crippen LogP contribution in [0, 0.1) is 0 Å². The van der Waals surface area contributed by atoms with E-state index >= 15 is 0 Å². The molecule has 0 radical (unpaired) electrons. The number of amides is 2. The molecule has 154 valence electrons. The minimum absolute atomic E-state index is 0. The van der Waals surface area contributed by atoms with Gasteiger partial charge in [0.1, 0.15) is 35.7 Å². The summed E-state index contributed by atoms with van der Waals surface area (Å²) in [7, 11) is 1.24. The van der Waals surface area contributed by atoms with Crippen molar-refractivity contribution in [2.75, 3.05) is 18.6 Å². The summed E-state index contributed by atoms with van der Waals surface area (Å²) >= 11 is 2.22. The maximum absolute atomic E-state index is 12.6. The quantitative estimate of drug-likeness (QED) is 0.137. The molecule has 0 aromatic carbocycles. The second-order valence-corrected chi connectivity index (χ2v) is 7.70. The molecule has 2 aliphatic heterocycles. The number of esters is 1. The number of aliphatic carboxylic acids is 1. The van der Waals surface area contributed by atoms with Gasteiger partial charge in [-0.2, -0.15) is 0 Å². The zero-order valence-electron chi connectivity index (χ0n) is 16.0. The molecule has 2 atom stereocenters. The number of nitrogen functional groups attached to an aromatic ring is 1. The van der Waals surface area contributed by atoms with Crippen LogP contribution < -0.4 is 45.7 Å². The first-order chi connectivity index (χ1) is 13.7. The van der Waals surface area contributed by atoms with E-state index in [1.165, 1.54) is 12.5 Å². The Kier molecular flexibility index (Phi) is 7.87. The Morgan fingerprint density at radius 1 is 1.43 bits per heavy atom. The van der Waals surface area contributed by atoms with Gasteiger partial charge in [0, 0.05) is 12.3 Å². The van der Waals surface area contributed by atoms with E-state index in [2.05, 4.69) is 20.3 Å². The van der Waals surface area contributed by atoms with Crippen LogP contribution >= 0.6 is 23.1 Å². The van der Waals surface area contributed by atoms with Crippen molar-refractivity contribution in [3.8, 4) is 0 Å². The Hall–Kier alpha value is -2.13. The van der Waals surface area contributed by atoms with Crippen molar-refractivity contribution in [3.05, 3.63) is 22.5 Å². The van der Waals surface area contributed by atoms with E-state index < -0.39 is 40.9 Å². The SMILES string of the molecule is CO/N=C(\C(=O)N[C@@H]1C(=O)N2C(C(=O)[O-])=C(OC(C)=O)CS[C@@H]12)c1csc(N)n1.[Na+]. The van der Waals surface area contributed by atoms with E-state index in [-0.39, 0.29) is 57.6 Å². The van der Waals surface area contributed by atoms with Crippen molar-refractivity contribution in [2.24, 2.45) is 5.16 Å². The van der Waals surface area contributed by atoms with Crippen LogP contribution in [0.15, 0.2) is 22.0 Å². The van der Waals surface area contributed by atoms with Gasteiger partial charge in [-0.15, -0.1) is 23.1 Å². The summed E-state index contributed by atoms with van der Waals surface area (Å²) in [5.41, 5.74) is 5.01. The second kappa shape index (κ2) is 9.78. The van der Waals surface area contributed by atoms with E-state index in [9.17, 15) is 24.3 Å². The third kappa shape index (κ3) is 4.62. The molecule has 15 heteroatoms. The number of carboxylic acids is 1. The number of carboxylic acid groups (broad SMARTS) is 1. The molecule has 3 rings (SSSR count). The van der Waals surface area contributed by atoms with E-state index in [0.717, 1.165) is 34.9 Å². The van der Waals surface area contributed by atoms with Crippen LogP contribution in [0.1, 0.15) is 12.6 Å². The average molecular weight is 463 g/mol. The number of nitrogens with two attached hydrogens (primary N) is 1. The maximum Gasteiger partial charge on any atom is 1.00 e. The first-order valence-electron chi connectivity index (χ1n) is 7.95. The molecule has 0 saturated carbocycles. The number of hydrogen-bond acceptors (Lipinski definition) is 12. The second-order valence-electron chi connectivity index (χ2n) is 5.71. The number of β-lactam (4-membered cyclic amide) rings is 1. The molecule has 2 amide bonds. The van der Waals surface area contributed by atoms with Gasteiger partial charge in [-0.25, -0.2) is 4.98 Å². The van der Waals surface area contributed by atoms with Gasteiger partial charge in [0.2, 0.25) is 0 Å². The molecule has 3 heterocycles. The zero-order valence-corrected chi connectivity index (χ0v) is 19.7. The van der Waals surface area contributed by atoms with Gasteiger partial charge in [0.05, 0.1) is 11.7 Å². The minimum Gasteiger partial charge on any atom is -0.543 e. The molecule has 2 aliphatic rings. The Bertz CT molecular complexity index is 963. The molecule has 0 unspecified atom stereocenters. The van der Waals surface area contributed by atoms with Gasteiger partial charge in [-0.05, 0) is 0 Å². The molecule has 1 fully saturated rings. The van der Waals surface area contributed by atoms with Gasteiger partial charge in [0.25, 0.3) is 11.8 Å². The number of rotatable bonds is 6. The first-order valence-corrected chi connectivity index (χ1v) is 9.88. The van der Waals surface area contributed by atoms with E-state index in [1.807, 2.05) is 0 Å². The van der Waals surface area contributed by atoms with Crippen molar-refractivity contribution in [2.45, 2.75) is 18.3 Å². The molecule has 3 N–H and O–H groups in total. The van der Waals surface area contributed by atoms with Crippen LogP contribution in [0.3, 0.4) is 0 Å². The van der Waals surface area contributed by atoms with Gasteiger partial charge in [-0.1, -0.05) is 5.16 Å². The number of anilines is 1. The number of nitrogens with zero attached hydrogens (tertiary/aromatic N) is 3. The molecule has 0 spiro atoms. The number of nitrogens with one attached hydrogen (secondary N) is 1. The molecule has 0 bridgehead atoms. The summed E-state index contributed by atoms with van der Waals surface area (Å²) in [5.74, 6) is -4.01.